The molecule has 1 aliphatic carbocycles. The van der Waals surface area contributed by atoms with E-state index in [1.807, 2.05) is 0 Å². The molecule has 84 valence electrons. The van der Waals surface area contributed by atoms with Crippen LogP contribution in [0.15, 0.2) is 11.8 Å². The molecule has 1 atom stereocenters. The number of esters is 1. The highest BCUT2D eigenvalue weighted by molar-refractivity contribution is 5.94. The first-order valence-electron chi connectivity index (χ1n) is 4.98. The van der Waals surface area contributed by atoms with Gasteiger partial charge in [0.2, 0.25) is 0 Å². The molecule has 0 heterocycles. The van der Waals surface area contributed by atoms with Gasteiger partial charge in [0, 0.05) is 12.5 Å². The summed E-state index contributed by atoms with van der Waals surface area (Å²) in [4.78, 5) is 22.8. The molecule has 0 spiro atoms. The summed E-state index contributed by atoms with van der Waals surface area (Å²) in [5, 5.41) is 9.61. The van der Waals surface area contributed by atoms with Gasteiger partial charge in [0.1, 0.15) is 11.7 Å². The van der Waals surface area contributed by atoms with Crippen LogP contribution in [0.4, 0.5) is 0 Å². The van der Waals surface area contributed by atoms with Gasteiger partial charge in [-0.1, -0.05) is 13.8 Å². The van der Waals surface area contributed by atoms with Gasteiger partial charge in [0.15, 0.2) is 5.78 Å². The van der Waals surface area contributed by atoms with Crippen LogP contribution in [0.25, 0.3) is 0 Å². The third kappa shape index (κ3) is 2.37. The van der Waals surface area contributed by atoms with Gasteiger partial charge < -0.3 is 9.84 Å². The molecule has 0 amide bonds. The fourth-order valence-electron chi connectivity index (χ4n) is 1.92. The molecule has 15 heavy (non-hydrogen) atoms. The SMILES string of the molecule is CCOC(=O)C1C(O)=CC(=O)CC1(C)C. The largest absolute Gasteiger partial charge is 0.511 e. The highest BCUT2D eigenvalue weighted by Crippen LogP contribution is 2.39. The Morgan fingerprint density at radius 1 is 1.67 bits per heavy atom. The molecule has 0 aromatic heterocycles. The van der Waals surface area contributed by atoms with Gasteiger partial charge in [0.05, 0.1) is 6.61 Å². The van der Waals surface area contributed by atoms with E-state index in [-0.39, 0.29) is 24.6 Å². The zero-order valence-corrected chi connectivity index (χ0v) is 9.24. The summed E-state index contributed by atoms with van der Waals surface area (Å²) >= 11 is 0. The molecule has 0 fully saturated rings. The maximum Gasteiger partial charge on any atom is 0.317 e. The van der Waals surface area contributed by atoms with Crippen LogP contribution in [-0.2, 0) is 14.3 Å². The third-order valence-corrected chi connectivity index (χ3v) is 2.54. The summed E-state index contributed by atoms with van der Waals surface area (Å²) in [6.07, 6.45) is 1.37. The Balaban J connectivity index is 2.98. The molecule has 0 aromatic rings. The predicted molar refractivity (Wildman–Crippen MR) is 54.2 cm³/mol. The average Bonchev–Trinajstić information content (AvgIpc) is 1.99. The number of carbonyl (C=O) groups excluding carboxylic acids is 2. The zero-order chi connectivity index (χ0) is 11.6. The van der Waals surface area contributed by atoms with E-state index in [9.17, 15) is 14.7 Å². The van der Waals surface area contributed by atoms with Crippen molar-refractivity contribution in [2.45, 2.75) is 27.2 Å². The number of aliphatic hydroxyl groups excluding tert-OH is 1. The first kappa shape index (κ1) is 11.8. The van der Waals surface area contributed by atoms with E-state index < -0.39 is 17.3 Å². The Labute approximate surface area is 88.9 Å². The Morgan fingerprint density at radius 2 is 2.27 bits per heavy atom. The van der Waals surface area contributed by atoms with Gasteiger partial charge in [-0.05, 0) is 12.3 Å². The van der Waals surface area contributed by atoms with Crippen molar-refractivity contribution in [2.75, 3.05) is 6.61 Å². The molecule has 1 aliphatic rings. The molecular formula is C11H16O4. The van der Waals surface area contributed by atoms with E-state index in [4.69, 9.17) is 4.74 Å². The Hall–Kier alpha value is -1.32. The standard InChI is InChI=1S/C11H16O4/c1-4-15-10(14)9-8(13)5-7(12)6-11(9,2)3/h5,9,13H,4,6H2,1-3H3. The van der Waals surface area contributed by atoms with E-state index in [0.29, 0.717) is 0 Å². The van der Waals surface area contributed by atoms with Crippen molar-refractivity contribution in [3.05, 3.63) is 11.8 Å². The number of ketones is 1. The summed E-state index contributed by atoms with van der Waals surface area (Å²) in [7, 11) is 0. The van der Waals surface area contributed by atoms with Crippen LogP contribution in [0.2, 0.25) is 0 Å². The van der Waals surface area contributed by atoms with Crippen molar-refractivity contribution in [2.24, 2.45) is 11.3 Å². The normalized spacial score (nSPS) is 24.6. The van der Waals surface area contributed by atoms with Crippen molar-refractivity contribution >= 4 is 11.8 Å². The molecule has 0 saturated heterocycles. The number of hydrogen-bond acceptors (Lipinski definition) is 4. The Kier molecular flexibility index (Phi) is 3.17. The van der Waals surface area contributed by atoms with E-state index in [0.717, 1.165) is 6.08 Å². The molecule has 1 unspecified atom stereocenters. The minimum absolute atomic E-state index is 0.155. The Bertz CT molecular complexity index is 315. The molecule has 0 saturated carbocycles. The van der Waals surface area contributed by atoms with Crippen LogP contribution in [0.3, 0.4) is 0 Å². The number of rotatable bonds is 2. The van der Waals surface area contributed by atoms with Gasteiger partial charge in [-0.25, -0.2) is 0 Å². The average molecular weight is 212 g/mol. The lowest BCUT2D eigenvalue weighted by Gasteiger charge is -2.34. The van der Waals surface area contributed by atoms with E-state index in [1.54, 1.807) is 20.8 Å². The van der Waals surface area contributed by atoms with Gasteiger partial charge in [-0.3, -0.25) is 9.59 Å². The van der Waals surface area contributed by atoms with Crippen molar-refractivity contribution in [3.63, 3.8) is 0 Å². The van der Waals surface area contributed by atoms with Crippen LogP contribution >= 0.6 is 0 Å². The summed E-state index contributed by atoms with van der Waals surface area (Å²) in [6.45, 7) is 5.53. The highest BCUT2D eigenvalue weighted by atomic mass is 16.5. The molecule has 0 aromatic carbocycles. The van der Waals surface area contributed by atoms with Gasteiger partial charge in [-0.15, -0.1) is 0 Å². The van der Waals surface area contributed by atoms with Gasteiger partial charge in [-0.2, -0.15) is 0 Å². The predicted octanol–water partition coefficient (Wildman–Crippen LogP) is 1.61. The monoisotopic (exact) mass is 212 g/mol. The third-order valence-electron chi connectivity index (χ3n) is 2.54. The molecular weight excluding hydrogens is 196 g/mol. The fourth-order valence-corrected chi connectivity index (χ4v) is 1.92. The lowest BCUT2D eigenvalue weighted by Crippen LogP contribution is -2.38. The fraction of sp³-hybridized carbons (Fsp3) is 0.636. The minimum Gasteiger partial charge on any atom is -0.511 e. The highest BCUT2D eigenvalue weighted by Gasteiger charge is 2.43. The number of ether oxygens (including phenoxy) is 1. The first-order chi connectivity index (χ1) is 6.88. The van der Waals surface area contributed by atoms with Crippen LogP contribution in [0.5, 0.6) is 0 Å². The number of allylic oxidation sites excluding steroid dienone is 1. The number of aliphatic hydroxyl groups is 1. The second kappa shape index (κ2) is 4.04. The van der Waals surface area contributed by atoms with Crippen LogP contribution < -0.4 is 0 Å². The topological polar surface area (TPSA) is 63.6 Å². The molecule has 1 N–H and O–H groups in total. The minimum atomic E-state index is -0.727. The van der Waals surface area contributed by atoms with Crippen molar-refractivity contribution in [1.29, 1.82) is 0 Å². The molecule has 0 bridgehead atoms. The zero-order valence-electron chi connectivity index (χ0n) is 9.24. The molecule has 4 heteroatoms. The van der Waals surface area contributed by atoms with Crippen molar-refractivity contribution < 1.29 is 19.4 Å². The molecule has 0 aliphatic heterocycles. The van der Waals surface area contributed by atoms with Gasteiger partial charge in [0.25, 0.3) is 0 Å². The summed E-state index contributed by atoms with van der Waals surface area (Å²) < 4.78 is 4.87. The van der Waals surface area contributed by atoms with Crippen LogP contribution in [0, 0.1) is 11.3 Å². The second-order valence-electron chi connectivity index (χ2n) is 4.39. The van der Waals surface area contributed by atoms with E-state index in [1.165, 1.54) is 0 Å². The summed E-state index contributed by atoms with van der Waals surface area (Å²) in [6, 6.07) is 0. The smallest absolute Gasteiger partial charge is 0.317 e. The maximum absolute atomic E-state index is 11.6. The lowest BCUT2D eigenvalue weighted by atomic mass is 9.71. The quantitative estimate of drug-likeness (QED) is 0.706. The molecule has 0 radical (unpaired) electrons. The van der Waals surface area contributed by atoms with E-state index >= 15 is 0 Å². The van der Waals surface area contributed by atoms with Crippen molar-refractivity contribution in [3.8, 4) is 0 Å². The first-order valence-corrected chi connectivity index (χ1v) is 4.98. The molecule has 1 rings (SSSR count). The summed E-state index contributed by atoms with van der Waals surface area (Å²) in [5.41, 5.74) is -0.581. The van der Waals surface area contributed by atoms with Crippen LogP contribution in [0.1, 0.15) is 27.2 Å². The molecule has 4 nitrogen and oxygen atoms in total. The number of hydrogen-bond donors (Lipinski definition) is 1. The van der Waals surface area contributed by atoms with Gasteiger partial charge >= 0.3 is 5.97 Å². The van der Waals surface area contributed by atoms with E-state index in [2.05, 4.69) is 0 Å². The maximum atomic E-state index is 11.6. The van der Waals surface area contributed by atoms with Crippen molar-refractivity contribution in [1.82, 2.24) is 0 Å². The number of carbonyl (C=O) groups is 2. The second-order valence-corrected chi connectivity index (χ2v) is 4.39. The Morgan fingerprint density at radius 3 is 2.73 bits per heavy atom. The lowest BCUT2D eigenvalue weighted by molar-refractivity contribution is -0.152. The van der Waals surface area contributed by atoms with Crippen LogP contribution in [-0.4, -0.2) is 23.5 Å². The summed E-state index contributed by atoms with van der Waals surface area (Å²) in [5.74, 6) is -1.54.